The predicted octanol–water partition coefficient (Wildman–Crippen LogP) is 3.28. The summed E-state index contributed by atoms with van der Waals surface area (Å²) in [4.78, 5) is 12.1. The molecule has 0 aliphatic heterocycles. The number of nitrogens with one attached hydrogen (secondary N) is 1. The third-order valence-electron chi connectivity index (χ3n) is 3.48. The lowest BCUT2D eigenvalue weighted by Crippen LogP contribution is -2.13. The molecule has 0 saturated carbocycles. The number of hydrogen-bond donors (Lipinski definition) is 1. The van der Waals surface area contributed by atoms with Crippen LogP contribution in [0.3, 0.4) is 0 Å². The molecule has 0 bridgehead atoms. The van der Waals surface area contributed by atoms with Crippen LogP contribution in [0.4, 0.5) is 5.69 Å². The molecule has 0 spiro atoms. The maximum Gasteiger partial charge on any atom is 0.224 e. The summed E-state index contributed by atoms with van der Waals surface area (Å²) in [6, 6.07) is 13.0. The Morgan fingerprint density at radius 1 is 0.913 bits per heavy atom. The quantitative estimate of drug-likeness (QED) is 0.852. The second-order valence-corrected chi connectivity index (χ2v) is 4.96. The zero-order chi connectivity index (χ0) is 16.7. The first-order valence-corrected chi connectivity index (χ1v) is 7.31. The van der Waals surface area contributed by atoms with Crippen LogP contribution in [0.15, 0.2) is 42.5 Å². The molecule has 1 N–H and O–H groups in total. The Morgan fingerprint density at radius 2 is 1.57 bits per heavy atom. The highest BCUT2D eigenvalue weighted by atomic mass is 16.5. The molecule has 2 rings (SSSR count). The molecule has 122 valence electrons. The van der Waals surface area contributed by atoms with Gasteiger partial charge in [0.2, 0.25) is 5.91 Å². The van der Waals surface area contributed by atoms with E-state index in [2.05, 4.69) is 5.32 Å². The zero-order valence-corrected chi connectivity index (χ0v) is 13.6. The van der Waals surface area contributed by atoms with Gasteiger partial charge >= 0.3 is 0 Å². The first-order chi connectivity index (χ1) is 11.2. The van der Waals surface area contributed by atoms with Crippen LogP contribution in [0.25, 0.3) is 0 Å². The van der Waals surface area contributed by atoms with Gasteiger partial charge in [-0.25, -0.2) is 0 Å². The van der Waals surface area contributed by atoms with Gasteiger partial charge in [0, 0.05) is 12.5 Å². The van der Waals surface area contributed by atoms with Crippen molar-refractivity contribution in [2.45, 2.75) is 12.8 Å². The maximum absolute atomic E-state index is 12.1. The minimum absolute atomic E-state index is 0.0765. The molecule has 5 heteroatoms. The topological polar surface area (TPSA) is 56.8 Å². The first kappa shape index (κ1) is 16.7. The van der Waals surface area contributed by atoms with Crippen LogP contribution in [0.1, 0.15) is 12.0 Å². The van der Waals surface area contributed by atoms with E-state index in [9.17, 15) is 4.79 Å². The molecule has 0 fully saturated rings. The van der Waals surface area contributed by atoms with E-state index >= 15 is 0 Å². The summed E-state index contributed by atoms with van der Waals surface area (Å²) in [5, 5.41) is 2.86. The normalized spacial score (nSPS) is 10.0. The van der Waals surface area contributed by atoms with Crippen molar-refractivity contribution in [1.82, 2.24) is 0 Å². The number of benzene rings is 2. The molecule has 2 aromatic carbocycles. The molecule has 0 aliphatic rings. The monoisotopic (exact) mass is 315 g/mol. The Labute approximate surface area is 136 Å². The van der Waals surface area contributed by atoms with Crippen molar-refractivity contribution in [2.24, 2.45) is 0 Å². The summed E-state index contributed by atoms with van der Waals surface area (Å²) in [5.41, 5.74) is 1.69. The van der Waals surface area contributed by atoms with Gasteiger partial charge < -0.3 is 19.5 Å². The molecule has 0 aliphatic carbocycles. The molecular formula is C18H21NO4. The van der Waals surface area contributed by atoms with Crippen LogP contribution in [0.5, 0.6) is 17.2 Å². The van der Waals surface area contributed by atoms with Gasteiger partial charge in [0.25, 0.3) is 0 Å². The average Bonchev–Trinajstić information content (AvgIpc) is 2.60. The number of carbonyl (C=O) groups is 1. The number of rotatable bonds is 7. The van der Waals surface area contributed by atoms with Crippen molar-refractivity contribution in [3.8, 4) is 17.2 Å². The smallest absolute Gasteiger partial charge is 0.224 e. The first-order valence-electron chi connectivity index (χ1n) is 7.31. The second kappa shape index (κ2) is 8.08. The van der Waals surface area contributed by atoms with E-state index in [-0.39, 0.29) is 5.91 Å². The van der Waals surface area contributed by atoms with Crippen LogP contribution >= 0.6 is 0 Å². The molecule has 2 aromatic rings. The SMILES string of the molecule is COc1ccc(CCC(=O)Nc2cc(OC)ccc2OC)cc1. The molecule has 5 nitrogen and oxygen atoms in total. The molecular weight excluding hydrogens is 294 g/mol. The van der Waals surface area contributed by atoms with Crippen molar-refractivity contribution in [3.05, 3.63) is 48.0 Å². The highest BCUT2D eigenvalue weighted by molar-refractivity contribution is 5.92. The van der Waals surface area contributed by atoms with Crippen molar-refractivity contribution in [1.29, 1.82) is 0 Å². The Kier molecular flexibility index (Phi) is 5.86. The molecule has 23 heavy (non-hydrogen) atoms. The van der Waals surface area contributed by atoms with E-state index in [0.29, 0.717) is 30.0 Å². The van der Waals surface area contributed by atoms with E-state index < -0.39 is 0 Å². The van der Waals surface area contributed by atoms with Gasteiger partial charge in [-0.15, -0.1) is 0 Å². The van der Waals surface area contributed by atoms with E-state index in [0.717, 1.165) is 11.3 Å². The lowest BCUT2D eigenvalue weighted by molar-refractivity contribution is -0.116. The molecule has 1 amide bonds. The van der Waals surface area contributed by atoms with Crippen molar-refractivity contribution in [2.75, 3.05) is 26.6 Å². The van der Waals surface area contributed by atoms with Gasteiger partial charge in [-0.3, -0.25) is 4.79 Å². The summed E-state index contributed by atoms with van der Waals surface area (Å²) < 4.78 is 15.5. The maximum atomic E-state index is 12.1. The number of aryl methyl sites for hydroxylation is 1. The highest BCUT2D eigenvalue weighted by Crippen LogP contribution is 2.29. The standard InChI is InChI=1S/C18H21NO4/c1-21-14-7-4-13(5-8-14)6-11-18(20)19-16-12-15(22-2)9-10-17(16)23-3/h4-5,7-10,12H,6,11H2,1-3H3,(H,19,20). The van der Waals surface area contributed by atoms with Gasteiger partial charge in [0.05, 0.1) is 27.0 Å². The van der Waals surface area contributed by atoms with E-state index in [1.54, 1.807) is 39.5 Å². The highest BCUT2D eigenvalue weighted by Gasteiger charge is 2.09. The molecule has 0 heterocycles. The van der Waals surface area contributed by atoms with Crippen LogP contribution in [0.2, 0.25) is 0 Å². The fraction of sp³-hybridized carbons (Fsp3) is 0.278. The molecule has 0 unspecified atom stereocenters. The van der Waals surface area contributed by atoms with Crippen molar-refractivity contribution >= 4 is 11.6 Å². The number of anilines is 1. The van der Waals surface area contributed by atoms with E-state index in [1.165, 1.54) is 0 Å². The molecule has 0 aromatic heterocycles. The third kappa shape index (κ3) is 4.64. The van der Waals surface area contributed by atoms with Gasteiger partial charge in [0.1, 0.15) is 17.2 Å². The summed E-state index contributed by atoms with van der Waals surface area (Å²) in [7, 11) is 4.77. The van der Waals surface area contributed by atoms with Crippen LogP contribution in [-0.2, 0) is 11.2 Å². The fourth-order valence-electron chi connectivity index (χ4n) is 2.17. The van der Waals surface area contributed by atoms with Crippen molar-refractivity contribution in [3.63, 3.8) is 0 Å². The third-order valence-corrected chi connectivity index (χ3v) is 3.48. The number of hydrogen-bond acceptors (Lipinski definition) is 4. The number of methoxy groups -OCH3 is 3. The lowest BCUT2D eigenvalue weighted by atomic mass is 10.1. The molecule has 0 saturated heterocycles. The summed E-state index contributed by atoms with van der Waals surface area (Å²) in [6.45, 7) is 0. The lowest BCUT2D eigenvalue weighted by Gasteiger charge is -2.11. The Bertz CT molecular complexity index is 653. The fourth-order valence-corrected chi connectivity index (χ4v) is 2.17. The van der Waals surface area contributed by atoms with E-state index in [4.69, 9.17) is 14.2 Å². The number of amides is 1. The van der Waals surface area contributed by atoms with E-state index in [1.807, 2.05) is 24.3 Å². The Morgan fingerprint density at radius 3 is 2.17 bits per heavy atom. The van der Waals surface area contributed by atoms with Crippen LogP contribution in [-0.4, -0.2) is 27.2 Å². The van der Waals surface area contributed by atoms with Gasteiger partial charge in [-0.05, 0) is 36.2 Å². The number of carbonyl (C=O) groups excluding carboxylic acids is 1. The van der Waals surface area contributed by atoms with Gasteiger partial charge in [0.15, 0.2) is 0 Å². The Balaban J connectivity index is 1.96. The predicted molar refractivity (Wildman–Crippen MR) is 89.5 cm³/mol. The zero-order valence-electron chi connectivity index (χ0n) is 13.6. The van der Waals surface area contributed by atoms with Gasteiger partial charge in [-0.2, -0.15) is 0 Å². The average molecular weight is 315 g/mol. The summed E-state index contributed by atoms with van der Waals surface area (Å²) in [5.74, 6) is 1.99. The Hall–Kier alpha value is -2.69. The second-order valence-electron chi connectivity index (χ2n) is 4.96. The largest absolute Gasteiger partial charge is 0.497 e. The molecule has 0 radical (unpaired) electrons. The van der Waals surface area contributed by atoms with Gasteiger partial charge in [-0.1, -0.05) is 12.1 Å². The summed E-state index contributed by atoms with van der Waals surface area (Å²) in [6.07, 6.45) is 1.04. The summed E-state index contributed by atoms with van der Waals surface area (Å²) >= 11 is 0. The number of ether oxygens (including phenoxy) is 3. The minimum atomic E-state index is -0.0765. The molecule has 0 atom stereocenters. The minimum Gasteiger partial charge on any atom is -0.497 e. The van der Waals surface area contributed by atoms with Crippen LogP contribution in [0, 0.1) is 0 Å². The van der Waals surface area contributed by atoms with Crippen molar-refractivity contribution < 1.29 is 19.0 Å². The van der Waals surface area contributed by atoms with Crippen LogP contribution < -0.4 is 19.5 Å².